The second kappa shape index (κ2) is 10.9. The van der Waals surface area contributed by atoms with Crippen LogP contribution in [-0.2, 0) is 17.8 Å². The molecule has 0 radical (unpaired) electrons. The number of carbonyl (C=O) groups is 1. The predicted molar refractivity (Wildman–Crippen MR) is 131 cm³/mol. The zero-order valence-electron chi connectivity index (χ0n) is 17.8. The van der Waals surface area contributed by atoms with Gasteiger partial charge in [-0.1, -0.05) is 72.8 Å². The van der Waals surface area contributed by atoms with Crippen molar-refractivity contribution in [3.8, 4) is 11.8 Å². The summed E-state index contributed by atoms with van der Waals surface area (Å²) in [7, 11) is 0. The highest BCUT2D eigenvalue weighted by molar-refractivity contribution is 7.15. The van der Waals surface area contributed by atoms with Gasteiger partial charge in [-0.25, -0.2) is 4.98 Å². The van der Waals surface area contributed by atoms with Gasteiger partial charge in [0, 0.05) is 17.5 Å². The Hall–Kier alpha value is -4.21. The molecule has 0 atom stereocenters. The highest BCUT2D eigenvalue weighted by Gasteiger charge is 2.12. The molecule has 5 nitrogen and oxygen atoms in total. The molecule has 33 heavy (non-hydrogen) atoms. The van der Waals surface area contributed by atoms with Crippen molar-refractivity contribution in [1.29, 1.82) is 5.26 Å². The van der Waals surface area contributed by atoms with Crippen LogP contribution in [0, 0.1) is 11.3 Å². The van der Waals surface area contributed by atoms with Crippen LogP contribution in [0.15, 0.2) is 96.7 Å². The fourth-order valence-electron chi connectivity index (χ4n) is 3.12. The molecule has 0 aliphatic heterocycles. The van der Waals surface area contributed by atoms with E-state index in [1.165, 1.54) is 16.9 Å². The number of carbonyl (C=O) groups excluding carboxylic acids is 1. The van der Waals surface area contributed by atoms with E-state index in [-0.39, 0.29) is 5.57 Å². The lowest BCUT2D eigenvalue weighted by Crippen LogP contribution is -2.13. The molecule has 0 bridgehead atoms. The van der Waals surface area contributed by atoms with Crippen molar-refractivity contribution in [1.82, 2.24) is 4.98 Å². The van der Waals surface area contributed by atoms with Gasteiger partial charge in [0.25, 0.3) is 5.91 Å². The number of aromatic nitrogens is 1. The van der Waals surface area contributed by atoms with E-state index in [9.17, 15) is 10.1 Å². The van der Waals surface area contributed by atoms with Gasteiger partial charge in [0.15, 0.2) is 5.13 Å². The molecule has 1 heterocycles. The summed E-state index contributed by atoms with van der Waals surface area (Å²) >= 11 is 1.40. The number of ether oxygens (including phenoxy) is 1. The fourth-order valence-corrected chi connectivity index (χ4v) is 3.97. The van der Waals surface area contributed by atoms with Gasteiger partial charge in [0.05, 0.1) is 0 Å². The number of nitrogens with zero attached hydrogens (tertiary/aromatic N) is 2. The van der Waals surface area contributed by atoms with E-state index in [0.29, 0.717) is 17.5 Å². The number of thiazole rings is 1. The molecule has 162 valence electrons. The van der Waals surface area contributed by atoms with Gasteiger partial charge >= 0.3 is 0 Å². The molecule has 0 fully saturated rings. The second-order valence-electron chi connectivity index (χ2n) is 7.26. The molecule has 4 aromatic rings. The van der Waals surface area contributed by atoms with E-state index in [1.54, 1.807) is 12.3 Å². The van der Waals surface area contributed by atoms with Crippen molar-refractivity contribution in [2.24, 2.45) is 0 Å². The first-order valence-electron chi connectivity index (χ1n) is 10.4. The Morgan fingerprint density at radius 2 is 1.64 bits per heavy atom. The molecule has 0 aliphatic carbocycles. The predicted octanol–water partition coefficient (Wildman–Crippen LogP) is 5.86. The summed E-state index contributed by atoms with van der Waals surface area (Å²) < 4.78 is 5.78. The molecule has 1 amide bonds. The average molecular weight is 452 g/mol. The number of hydrogen-bond donors (Lipinski definition) is 1. The highest BCUT2D eigenvalue weighted by atomic mass is 32.1. The SMILES string of the molecule is N#CC(=Cc1ccc(OCc2ccccc2)cc1)C(=O)Nc1ncc(Cc2ccccc2)s1. The molecule has 0 spiro atoms. The van der Waals surface area contributed by atoms with Crippen LogP contribution in [0.2, 0.25) is 0 Å². The number of amides is 1. The number of nitriles is 1. The molecule has 0 aliphatic rings. The van der Waals surface area contributed by atoms with Crippen LogP contribution in [-0.4, -0.2) is 10.9 Å². The lowest BCUT2D eigenvalue weighted by molar-refractivity contribution is -0.112. The Kier molecular flexibility index (Phi) is 7.26. The van der Waals surface area contributed by atoms with Crippen molar-refractivity contribution in [3.05, 3.63) is 118 Å². The Balaban J connectivity index is 1.36. The molecule has 1 aromatic heterocycles. The summed E-state index contributed by atoms with van der Waals surface area (Å²) in [6, 6.07) is 29.2. The summed E-state index contributed by atoms with van der Waals surface area (Å²) in [6.07, 6.45) is 4.04. The monoisotopic (exact) mass is 451 g/mol. The Morgan fingerprint density at radius 3 is 2.30 bits per heavy atom. The first kappa shape index (κ1) is 22.0. The van der Waals surface area contributed by atoms with E-state index in [0.717, 1.165) is 22.4 Å². The Morgan fingerprint density at radius 1 is 0.970 bits per heavy atom. The maximum Gasteiger partial charge on any atom is 0.268 e. The Labute approximate surface area is 196 Å². The van der Waals surface area contributed by atoms with Gasteiger partial charge < -0.3 is 4.74 Å². The minimum Gasteiger partial charge on any atom is -0.489 e. The maximum atomic E-state index is 12.6. The van der Waals surface area contributed by atoms with Crippen molar-refractivity contribution < 1.29 is 9.53 Å². The highest BCUT2D eigenvalue weighted by Crippen LogP contribution is 2.22. The van der Waals surface area contributed by atoms with Gasteiger partial charge in [0.2, 0.25) is 0 Å². The van der Waals surface area contributed by atoms with E-state index >= 15 is 0 Å². The van der Waals surface area contributed by atoms with Gasteiger partial charge in [-0.05, 0) is 34.9 Å². The molecule has 6 heteroatoms. The molecule has 0 saturated carbocycles. The maximum absolute atomic E-state index is 12.6. The Bertz CT molecular complexity index is 1270. The number of anilines is 1. The molecule has 4 rings (SSSR count). The molecule has 3 aromatic carbocycles. The van der Waals surface area contributed by atoms with E-state index in [1.807, 2.05) is 91.0 Å². The van der Waals surface area contributed by atoms with Crippen molar-refractivity contribution in [2.45, 2.75) is 13.0 Å². The van der Waals surface area contributed by atoms with E-state index < -0.39 is 5.91 Å². The lowest BCUT2D eigenvalue weighted by Gasteiger charge is -2.06. The molecule has 1 N–H and O–H groups in total. The normalized spacial score (nSPS) is 10.9. The minimum atomic E-state index is -0.484. The summed E-state index contributed by atoms with van der Waals surface area (Å²) in [5.41, 5.74) is 3.00. The van der Waals surface area contributed by atoms with Crippen LogP contribution in [0.1, 0.15) is 21.6 Å². The van der Waals surface area contributed by atoms with Crippen LogP contribution < -0.4 is 10.1 Å². The van der Waals surface area contributed by atoms with Gasteiger partial charge in [-0.15, -0.1) is 11.3 Å². The van der Waals surface area contributed by atoms with Crippen LogP contribution in [0.25, 0.3) is 6.08 Å². The third kappa shape index (κ3) is 6.39. The van der Waals surface area contributed by atoms with Crippen LogP contribution in [0.5, 0.6) is 5.75 Å². The summed E-state index contributed by atoms with van der Waals surface area (Å²) in [5, 5.41) is 12.7. The third-order valence-corrected chi connectivity index (χ3v) is 5.71. The molecule has 0 saturated heterocycles. The first-order valence-corrected chi connectivity index (χ1v) is 11.2. The zero-order chi connectivity index (χ0) is 22.9. The number of hydrogen-bond acceptors (Lipinski definition) is 5. The van der Waals surface area contributed by atoms with Crippen molar-refractivity contribution >= 4 is 28.5 Å². The number of benzene rings is 3. The van der Waals surface area contributed by atoms with E-state index in [4.69, 9.17) is 4.74 Å². The molecule has 0 unspecified atom stereocenters. The number of rotatable bonds is 8. The molecular weight excluding hydrogens is 430 g/mol. The summed E-state index contributed by atoms with van der Waals surface area (Å²) in [4.78, 5) is 17.9. The lowest BCUT2D eigenvalue weighted by atomic mass is 10.1. The van der Waals surface area contributed by atoms with Crippen molar-refractivity contribution in [3.63, 3.8) is 0 Å². The molecular formula is C27H21N3O2S. The number of nitrogens with one attached hydrogen (secondary N) is 1. The summed E-state index contributed by atoms with van der Waals surface area (Å²) in [5.74, 6) is 0.232. The zero-order valence-corrected chi connectivity index (χ0v) is 18.6. The van der Waals surface area contributed by atoms with Gasteiger partial charge in [-0.3, -0.25) is 10.1 Å². The van der Waals surface area contributed by atoms with Gasteiger partial charge in [-0.2, -0.15) is 5.26 Å². The third-order valence-electron chi connectivity index (χ3n) is 4.80. The average Bonchev–Trinajstić information content (AvgIpc) is 3.29. The van der Waals surface area contributed by atoms with Crippen molar-refractivity contribution in [2.75, 3.05) is 5.32 Å². The van der Waals surface area contributed by atoms with Crippen LogP contribution in [0.3, 0.4) is 0 Å². The van der Waals surface area contributed by atoms with E-state index in [2.05, 4.69) is 10.3 Å². The minimum absolute atomic E-state index is 0.00719. The second-order valence-corrected chi connectivity index (χ2v) is 8.38. The largest absolute Gasteiger partial charge is 0.489 e. The first-order chi connectivity index (χ1) is 16.2. The quantitative estimate of drug-likeness (QED) is 0.269. The fraction of sp³-hybridized carbons (Fsp3) is 0.0741. The van der Waals surface area contributed by atoms with Crippen LogP contribution >= 0.6 is 11.3 Å². The topological polar surface area (TPSA) is 75.0 Å². The summed E-state index contributed by atoms with van der Waals surface area (Å²) in [6.45, 7) is 0.474. The smallest absolute Gasteiger partial charge is 0.268 e. The van der Waals surface area contributed by atoms with Crippen LogP contribution in [0.4, 0.5) is 5.13 Å². The standard InChI is InChI=1S/C27H21N3O2S/c28-17-23(15-21-11-13-24(14-12-21)32-19-22-9-5-2-6-10-22)26(31)30-27-29-18-25(33-27)16-20-7-3-1-4-8-20/h1-15,18H,16,19H2,(H,29,30,31). The van der Waals surface area contributed by atoms with Gasteiger partial charge in [0.1, 0.15) is 24.0 Å².